The second kappa shape index (κ2) is 4.56. The number of rotatable bonds is 2. The van der Waals surface area contributed by atoms with Gasteiger partial charge in [0.2, 0.25) is 0 Å². The molecule has 0 aliphatic rings. The van der Waals surface area contributed by atoms with Crippen LogP contribution in [0, 0.1) is 19.3 Å². The second-order valence-electron chi connectivity index (χ2n) is 4.73. The molecule has 2 rings (SSSR count). The Morgan fingerprint density at radius 2 is 2.26 bits per heavy atom. The Balaban J connectivity index is 2.47. The Morgan fingerprint density at radius 3 is 2.89 bits per heavy atom. The van der Waals surface area contributed by atoms with E-state index in [4.69, 9.17) is 18.0 Å². The number of nitrogens with zero attached hydrogens (tertiary/aromatic N) is 3. The van der Waals surface area contributed by atoms with Gasteiger partial charge in [-0.3, -0.25) is 9.20 Å². The smallest absolute Gasteiger partial charge is 0.274 e. The molecule has 2 heterocycles. The molecule has 2 aromatic heterocycles. The van der Waals surface area contributed by atoms with Gasteiger partial charge in [-0.25, -0.2) is 9.97 Å². The van der Waals surface area contributed by atoms with E-state index >= 15 is 0 Å². The number of terminal acetylenes is 1. The van der Waals surface area contributed by atoms with Crippen molar-refractivity contribution in [2.75, 3.05) is 0 Å². The maximum absolute atomic E-state index is 12.2. The van der Waals surface area contributed by atoms with Crippen LogP contribution in [0.3, 0.4) is 0 Å². The first-order chi connectivity index (χ1) is 8.84. The molecule has 98 valence electrons. The van der Waals surface area contributed by atoms with Gasteiger partial charge >= 0.3 is 0 Å². The molecule has 0 aliphatic carbocycles. The highest BCUT2D eigenvalue weighted by Gasteiger charge is 2.22. The number of aromatic nitrogens is 3. The van der Waals surface area contributed by atoms with Crippen LogP contribution in [0.1, 0.15) is 30.0 Å². The zero-order valence-corrected chi connectivity index (χ0v) is 11.6. The fraction of sp³-hybridized carbons (Fsp3) is 0.308. The van der Waals surface area contributed by atoms with Crippen LogP contribution in [0.15, 0.2) is 12.4 Å². The van der Waals surface area contributed by atoms with Crippen LogP contribution in [0.5, 0.6) is 0 Å². The third-order valence-electron chi connectivity index (χ3n) is 2.66. The summed E-state index contributed by atoms with van der Waals surface area (Å²) in [6, 6.07) is 1.70. The molecule has 0 aliphatic heterocycles. The molecule has 0 fully saturated rings. The summed E-state index contributed by atoms with van der Waals surface area (Å²) in [4.78, 5) is 20.4. The van der Waals surface area contributed by atoms with Gasteiger partial charge in [0.25, 0.3) is 5.91 Å². The first-order valence-corrected chi connectivity index (χ1v) is 6.02. The normalized spacial score (nSPS) is 11.3. The van der Waals surface area contributed by atoms with Crippen molar-refractivity contribution in [1.29, 1.82) is 0 Å². The van der Waals surface area contributed by atoms with Crippen LogP contribution in [-0.2, 0) is 0 Å². The predicted molar refractivity (Wildman–Crippen MR) is 73.1 cm³/mol. The predicted octanol–water partition coefficient (Wildman–Crippen LogP) is 1.83. The van der Waals surface area contributed by atoms with Crippen molar-refractivity contribution in [3.8, 4) is 12.3 Å². The van der Waals surface area contributed by atoms with Crippen LogP contribution in [0.25, 0.3) is 5.65 Å². The van der Waals surface area contributed by atoms with Gasteiger partial charge in [-0.1, -0.05) is 17.5 Å². The average Bonchev–Trinajstić information content (AvgIpc) is 2.72. The fourth-order valence-electron chi connectivity index (χ4n) is 1.62. The molecule has 2 aromatic rings. The largest absolute Gasteiger partial charge is 0.335 e. The van der Waals surface area contributed by atoms with Crippen LogP contribution in [0.2, 0.25) is 5.15 Å². The van der Waals surface area contributed by atoms with E-state index in [0.29, 0.717) is 10.8 Å². The molecule has 1 N–H and O–H groups in total. The highest BCUT2D eigenvalue weighted by atomic mass is 35.5. The number of aryl methyl sites for hydroxylation is 1. The quantitative estimate of drug-likeness (QED) is 0.672. The number of hydrogen-bond donors (Lipinski definition) is 1. The summed E-state index contributed by atoms with van der Waals surface area (Å²) in [5.74, 6) is 2.12. The first-order valence-electron chi connectivity index (χ1n) is 5.64. The number of halogens is 1. The molecule has 0 aromatic carbocycles. The molecule has 5 nitrogen and oxygen atoms in total. The van der Waals surface area contributed by atoms with Crippen molar-refractivity contribution >= 4 is 23.2 Å². The summed E-state index contributed by atoms with van der Waals surface area (Å²) >= 11 is 5.90. The monoisotopic (exact) mass is 276 g/mol. The zero-order valence-electron chi connectivity index (χ0n) is 10.9. The molecule has 19 heavy (non-hydrogen) atoms. The first kappa shape index (κ1) is 13.4. The van der Waals surface area contributed by atoms with Crippen molar-refractivity contribution in [2.24, 2.45) is 0 Å². The van der Waals surface area contributed by atoms with Crippen LogP contribution < -0.4 is 5.32 Å². The van der Waals surface area contributed by atoms with Crippen molar-refractivity contribution in [3.63, 3.8) is 0 Å². The SMILES string of the molecule is C#CC(C)(C)NC(=O)c1ncn2c(C)cc(Cl)nc12. The minimum absolute atomic E-state index is 0.203. The van der Waals surface area contributed by atoms with Crippen molar-refractivity contribution < 1.29 is 4.79 Å². The Hall–Kier alpha value is -2.06. The van der Waals surface area contributed by atoms with Gasteiger partial charge < -0.3 is 5.32 Å². The van der Waals surface area contributed by atoms with E-state index in [0.717, 1.165) is 5.69 Å². The van der Waals surface area contributed by atoms with Gasteiger partial charge in [-0.15, -0.1) is 6.42 Å². The molecule has 0 bridgehead atoms. The maximum Gasteiger partial charge on any atom is 0.274 e. The summed E-state index contributed by atoms with van der Waals surface area (Å²) < 4.78 is 1.70. The number of fused-ring (bicyclic) bond motifs is 1. The molecule has 0 spiro atoms. The van der Waals surface area contributed by atoms with Crippen LogP contribution in [0.4, 0.5) is 0 Å². The summed E-state index contributed by atoms with van der Waals surface area (Å²) in [5.41, 5.74) is 0.711. The Morgan fingerprint density at radius 1 is 1.58 bits per heavy atom. The van der Waals surface area contributed by atoms with E-state index in [1.54, 1.807) is 24.3 Å². The molecule has 6 heteroatoms. The van der Waals surface area contributed by atoms with Crippen molar-refractivity contribution in [3.05, 3.63) is 28.9 Å². The van der Waals surface area contributed by atoms with Gasteiger partial charge in [-0.05, 0) is 26.8 Å². The van der Waals surface area contributed by atoms with Crippen LogP contribution in [-0.4, -0.2) is 25.8 Å². The minimum atomic E-state index is -0.749. The van der Waals surface area contributed by atoms with Crippen molar-refractivity contribution in [2.45, 2.75) is 26.3 Å². The number of nitrogens with one attached hydrogen (secondary N) is 1. The highest BCUT2D eigenvalue weighted by Crippen LogP contribution is 2.15. The molecule has 0 saturated heterocycles. The lowest BCUT2D eigenvalue weighted by atomic mass is 10.1. The number of carbonyl (C=O) groups is 1. The van der Waals surface area contributed by atoms with Gasteiger partial charge in [0.15, 0.2) is 11.3 Å². The maximum atomic E-state index is 12.2. The third-order valence-corrected chi connectivity index (χ3v) is 2.86. The zero-order chi connectivity index (χ0) is 14.2. The Bertz CT molecular complexity index is 696. The summed E-state index contributed by atoms with van der Waals surface area (Å²) in [6.07, 6.45) is 6.88. The lowest BCUT2D eigenvalue weighted by molar-refractivity contribution is 0.0927. The van der Waals surface area contributed by atoms with E-state index in [1.807, 2.05) is 6.92 Å². The second-order valence-corrected chi connectivity index (χ2v) is 5.12. The topological polar surface area (TPSA) is 59.3 Å². The minimum Gasteiger partial charge on any atom is -0.335 e. The Kier molecular flexibility index (Phi) is 3.21. The van der Waals surface area contributed by atoms with E-state index in [2.05, 4.69) is 21.2 Å². The molecule has 1 amide bonds. The lowest BCUT2D eigenvalue weighted by Gasteiger charge is -2.18. The number of carbonyl (C=O) groups excluding carboxylic acids is 1. The van der Waals surface area contributed by atoms with Gasteiger partial charge in [-0.2, -0.15) is 0 Å². The fourth-order valence-corrected chi connectivity index (χ4v) is 1.86. The van der Waals surface area contributed by atoms with Crippen molar-refractivity contribution in [1.82, 2.24) is 19.7 Å². The van der Waals surface area contributed by atoms with Gasteiger partial charge in [0.05, 0.1) is 5.54 Å². The number of hydrogen-bond acceptors (Lipinski definition) is 3. The van der Waals surface area contributed by atoms with Crippen LogP contribution >= 0.6 is 11.6 Å². The molecule has 0 atom stereocenters. The van der Waals surface area contributed by atoms with E-state index in [1.165, 1.54) is 6.33 Å². The molecule has 0 unspecified atom stereocenters. The lowest BCUT2D eigenvalue weighted by Crippen LogP contribution is -2.42. The number of imidazole rings is 1. The third kappa shape index (κ3) is 2.54. The summed E-state index contributed by atoms with van der Waals surface area (Å²) in [5, 5.41) is 3.02. The molecular formula is C13H13ClN4O. The highest BCUT2D eigenvalue weighted by molar-refractivity contribution is 6.29. The van der Waals surface area contributed by atoms with Gasteiger partial charge in [0, 0.05) is 5.69 Å². The van der Waals surface area contributed by atoms with E-state index in [9.17, 15) is 4.79 Å². The summed E-state index contributed by atoms with van der Waals surface area (Å²) in [7, 11) is 0. The average molecular weight is 277 g/mol. The standard InChI is InChI=1S/C13H13ClN4O/c1-5-13(3,4)17-12(19)10-11-16-9(14)6-8(2)18(11)7-15-10/h1,6-7H,2-4H3,(H,17,19). The van der Waals surface area contributed by atoms with E-state index < -0.39 is 5.54 Å². The van der Waals surface area contributed by atoms with E-state index in [-0.39, 0.29) is 11.6 Å². The summed E-state index contributed by atoms with van der Waals surface area (Å²) in [6.45, 7) is 5.32. The Labute approximate surface area is 116 Å². The number of amides is 1. The molecule has 0 saturated carbocycles. The molecule has 0 radical (unpaired) electrons. The van der Waals surface area contributed by atoms with Gasteiger partial charge in [0.1, 0.15) is 11.5 Å². The molecular weight excluding hydrogens is 264 g/mol.